The highest BCUT2D eigenvalue weighted by Crippen LogP contribution is 2.28. The Balaban J connectivity index is 0.00000256. The van der Waals surface area contributed by atoms with Gasteiger partial charge in [0.2, 0.25) is 5.91 Å². The van der Waals surface area contributed by atoms with Crippen LogP contribution in [0.3, 0.4) is 0 Å². The summed E-state index contributed by atoms with van der Waals surface area (Å²) in [5.41, 5.74) is 6.47. The third-order valence-corrected chi connectivity index (χ3v) is 3.03. The molecule has 0 aliphatic carbocycles. The zero-order valence-corrected chi connectivity index (χ0v) is 11.3. The van der Waals surface area contributed by atoms with Crippen LogP contribution in [0.1, 0.15) is 31.7 Å². The number of ether oxygens (including phenoxy) is 1. The Hall–Kier alpha value is -1.22. The average molecular weight is 258 g/mol. The predicted molar refractivity (Wildman–Crippen MR) is 71.6 cm³/mol. The lowest BCUT2D eigenvalue weighted by atomic mass is 9.85. The van der Waals surface area contributed by atoms with E-state index in [1.165, 1.54) is 0 Å². The number of rotatable bonds is 5. The van der Waals surface area contributed by atoms with Crippen LogP contribution in [-0.2, 0) is 4.79 Å². The maximum atomic E-state index is 11.3. The molecule has 0 aliphatic rings. The molecule has 2 N–H and O–H groups in total. The van der Waals surface area contributed by atoms with Crippen LogP contribution in [0.5, 0.6) is 5.75 Å². The van der Waals surface area contributed by atoms with E-state index in [4.69, 9.17) is 10.5 Å². The van der Waals surface area contributed by atoms with Crippen molar-refractivity contribution in [2.24, 2.45) is 11.7 Å². The molecule has 0 radical (unpaired) electrons. The van der Waals surface area contributed by atoms with Gasteiger partial charge in [0.15, 0.2) is 0 Å². The molecule has 0 saturated carbocycles. The van der Waals surface area contributed by atoms with Gasteiger partial charge in [-0.1, -0.05) is 26.0 Å². The van der Waals surface area contributed by atoms with Gasteiger partial charge in [-0.2, -0.15) is 0 Å². The highest BCUT2D eigenvalue weighted by atomic mass is 35.5. The number of amides is 1. The Morgan fingerprint density at radius 1 is 1.47 bits per heavy atom. The molecular formula is C13H20ClNO2. The van der Waals surface area contributed by atoms with E-state index >= 15 is 0 Å². The molecule has 17 heavy (non-hydrogen) atoms. The molecule has 4 heteroatoms. The number of carbonyl (C=O) groups is 1. The minimum Gasteiger partial charge on any atom is -0.497 e. The van der Waals surface area contributed by atoms with Crippen molar-refractivity contribution in [3.8, 4) is 5.75 Å². The van der Waals surface area contributed by atoms with Crippen molar-refractivity contribution < 1.29 is 9.53 Å². The van der Waals surface area contributed by atoms with Gasteiger partial charge in [0, 0.05) is 5.92 Å². The minimum atomic E-state index is -0.238. The molecule has 0 aliphatic heterocycles. The number of primary amides is 1. The summed E-state index contributed by atoms with van der Waals surface area (Å²) in [4.78, 5) is 11.3. The quantitative estimate of drug-likeness (QED) is 0.882. The monoisotopic (exact) mass is 257 g/mol. The van der Waals surface area contributed by atoms with E-state index in [-0.39, 0.29) is 30.2 Å². The average Bonchev–Trinajstić information content (AvgIpc) is 2.29. The van der Waals surface area contributed by atoms with Crippen LogP contribution in [0.2, 0.25) is 0 Å². The summed E-state index contributed by atoms with van der Waals surface area (Å²) >= 11 is 0. The Morgan fingerprint density at radius 3 is 2.59 bits per heavy atom. The first-order chi connectivity index (χ1) is 7.60. The molecule has 1 unspecified atom stereocenters. The largest absolute Gasteiger partial charge is 0.497 e. The van der Waals surface area contributed by atoms with E-state index in [2.05, 4.69) is 0 Å². The van der Waals surface area contributed by atoms with Crippen molar-refractivity contribution >= 4 is 18.3 Å². The van der Waals surface area contributed by atoms with Crippen LogP contribution in [0.15, 0.2) is 24.3 Å². The molecule has 0 bridgehead atoms. The molecular weight excluding hydrogens is 238 g/mol. The normalized spacial score (nSPS) is 13.4. The Morgan fingerprint density at radius 2 is 2.12 bits per heavy atom. The molecule has 1 aromatic carbocycles. The van der Waals surface area contributed by atoms with Crippen molar-refractivity contribution in [2.75, 3.05) is 7.11 Å². The van der Waals surface area contributed by atoms with E-state index < -0.39 is 0 Å². The maximum Gasteiger partial charge on any atom is 0.221 e. The maximum absolute atomic E-state index is 11.3. The summed E-state index contributed by atoms with van der Waals surface area (Å²) < 4.78 is 5.16. The molecule has 1 rings (SSSR count). The van der Waals surface area contributed by atoms with Crippen LogP contribution >= 0.6 is 12.4 Å². The molecule has 1 amide bonds. The highest BCUT2D eigenvalue weighted by Gasteiger charge is 2.22. The zero-order chi connectivity index (χ0) is 12.1. The second kappa shape index (κ2) is 7.17. The topological polar surface area (TPSA) is 52.3 Å². The van der Waals surface area contributed by atoms with E-state index in [9.17, 15) is 4.79 Å². The van der Waals surface area contributed by atoms with Crippen molar-refractivity contribution in [1.29, 1.82) is 0 Å². The van der Waals surface area contributed by atoms with Crippen LogP contribution in [0.25, 0.3) is 0 Å². The van der Waals surface area contributed by atoms with E-state index in [0.29, 0.717) is 0 Å². The first-order valence-corrected chi connectivity index (χ1v) is 5.53. The first-order valence-electron chi connectivity index (χ1n) is 5.53. The van der Waals surface area contributed by atoms with Gasteiger partial charge in [-0.15, -0.1) is 12.4 Å². The summed E-state index contributed by atoms with van der Waals surface area (Å²) in [6.45, 7) is 4.00. The number of hydrogen-bond acceptors (Lipinski definition) is 2. The third kappa shape index (κ3) is 3.93. The summed E-state index contributed by atoms with van der Waals surface area (Å²) in [6.07, 6.45) is 0.758. The number of methoxy groups -OCH3 is 1. The lowest BCUT2D eigenvalue weighted by molar-refractivity contribution is -0.122. The third-order valence-electron chi connectivity index (χ3n) is 3.03. The van der Waals surface area contributed by atoms with Gasteiger partial charge >= 0.3 is 0 Å². The zero-order valence-electron chi connectivity index (χ0n) is 10.5. The van der Waals surface area contributed by atoms with Crippen molar-refractivity contribution in [2.45, 2.75) is 26.2 Å². The van der Waals surface area contributed by atoms with Crippen LogP contribution in [-0.4, -0.2) is 13.0 Å². The smallest absolute Gasteiger partial charge is 0.221 e. The molecule has 96 valence electrons. The molecule has 0 fully saturated rings. The number of nitrogens with two attached hydrogens (primary N) is 1. The predicted octanol–water partition coefficient (Wildman–Crippen LogP) is 2.73. The molecule has 0 spiro atoms. The summed E-state index contributed by atoms with van der Waals surface area (Å²) in [6, 6.07) is 7.77. The fraction of sp³-hybridized carbons (Fsp3) is 0.462. The van der Waals surface area contributed by atoms with Crippen LogP contribution < -0.4 is 10.5 Å². The summed E-state index contributed by atoms with van der Waals surface area (Å²) in [5, 5.41) is 0. The van der Waals surface area contributed by atoms with Gasteiger partial charge in [0.1, 0.15) is 5.75 Å². The van der Waals surface area contributed by atoms with Crippen molar-refractivity contribution in [3.05, 3.63) is 29.8 Å². The van der Waals surface area contributed by atoms with Gasteiger partial charge in [-0.25, -0.2) is 0 Å². The fourth-order valence-electron chi connectivity index (χ4n) is 1.96. The molecule has 0 heterocycles. The van der Waals surface area contributed by atoms with Gasteiger partial charge in [-0.3, -0.25) is 4.79 Å². The second-order valence-electron chi connectivity index (χ2n) is 3.98. The van der Waals surface area contributed by atoms with Crippen molar-refractivity contribution in [1.82, 2.24) is 0 Å². The lowest BCUT2D eigenvalue weighted by Crippen LogP contribution is -2.27. The lowest BCUT2D eigenvalue weighted by Gasteiger charge is -2.20. The summed E-state index contributed by atoms with van der Waals surface area (Å²) in [5.74, 6) is 0.575. The van der Waals surface area contributed by atoms with Crippen molar-refractivity contribution in [3.63, 3.8) is 0 Å². The number of halogens is 1. The summed E-state index contributed by atoms with van der Waals surface area (Å²) in [7, 11) is 1.63. The van der Waals surface area contributed by atoms with Gasteiger partial charge in [-0.05, 0) is 30.0 Å². The van der Waals surface area contributed by atoms with Gasteiger partial charge < -0.3 is 10.5 Å². The molecule has 2 atom stereocenters. The van der Waals surface area contributed by atoms with Gasteiger partial charge in [0.25, 0.3) is 0 Å². The Kier molecular flexibility index (Phi) is 6.66. The molecule has 1 aromatic rings. The highest BCUT2D eigenvalue weighted by molar-refractivity contribution is 5.85. The first kappa shape index (κ1) is 15.8. The Labute approximate surface area is 109 Å². The van der Waals surface area contributed by atoms with E-state index in [1.807, 2.05) is 38.1 Å². The minimum absolute atomic E-state index is 0. The van der Waals surface area contributed by atoms with Crippen LogP contribution in [0, 0.1) is 5.92 Å². The molecule has 0 aromatic heterocycles. The molecule has 0 saturated heterocycles. The standard InChI is InChI=1S/C13H19NO2.ClH/c1-4-12(13(14)15)9(2)10-6-5-7-11(8-10)16-3;/h5-9,12H,4H2,1-3H3,(H2,14,15);1H/t9-,12?;/m0./s1. The SMILES string of the molecule is CCC(C(N)=O)[C@@H](C)c1cccc(OC)c1.Cl. The van der Waals surface area contributed by atoms with E-state index in [1.54, 1.807) is 7.11 Å². The number of carbonyl (C=O) groups excluding carboxylic acids is 1. The molecule has 3 nitrogen and oxygen atoms in total. The number of benzene rings is 1. The second-order valence-corrected chi connectivity index (χ2v) is 3.98. The fourth-order valence-corrected chi connectivity index (χ4v) is 1.96. The Bertz CT molecular complexity index is 368. The van der Waals surface area contributed by atoms with Gasteiger partial charge in [0.05, 0.1) is 7.11 Å². The van der Waals surface area contributed by atoms with Crippen LogP contribution in [0.4, 0.5) is 0 Å². The number of hydrogen-bond donors (Lipinski definition) is 1. The van der Waals surface area contributed by atoms with E-state index in [0.717, 1.165) is 17.7 Å².